The van der Waals surface area contributed by atoms with Gasteiger partial charge in [-0.15, -0.1) is 0 Å². The van der Waals surface area contributed by atoms with Crippen LogP contribution in [0.2, 0.25) is 0 Å². The Kier molecular flexibility index (Phi) is 3.85. The van der Waals surface area contributed by atoms with Crippen LogP contribution < -0.4 is 5.73 Å². The molecule has 16 heavy (non-hydrogen) atoms. The summed E-state index contributed by atoms with van der Waals surface area (Å²) >= 11 is 0. The fourth-order valence-electron chi connectivity index (χ4n) is 3.09. The SMILES string of the molecule is CC1C(N)CCN1C(=O)CCC1CCCC1. The van der Waals surface area contributed by atoms with Gasteiger partial charge in [0.25, 0.3) is 0 Å². The number of carbonyl (C=O) groups excluding carboxylic acids is 1. The zero-order chi connectivity index (χ0) is 11.5. The maximum absolute atomic E-state index is 12.0. The Labute approximate surface area is 98.4 Å². The molecule has 1 aliphatic heterocycles. The number of carbonyl (C=O) groups is 1. The Bertz CT molecular complexity index is 248. The first kappa shape index (κ1) is 11.9. The topological polar surface area (TPSA) is 46.3 Å². The van der Waals surface area contributed by atoms with Crippen molar-refractivity contribution in [2.75, 3.05) is 6.54 Å². The first-order valence-electron chi connectivity index (χ1n) is 6.73. The van der Waals surface area contributed by atoms with Crippen LogP contribution in [0.3, 0.4) is 0 Å². The molecular weight excluding hydrogens is 200 g/mol. The molecule has 0 aromatic heterocycles. The Morgan fingerprint density at radius 2 is 2.00 bits per heavy atom. The minimum Gasteiger partial charge on any atom is -0.338 e. The minimum absolute atomic E-state index is 0.190. The van der Waals surface area contributed by atoms with Gasteiger partial charge >= 0.3 is 0 Å². The molecular formula is C13H24N2O. The van der Waals surface area contributed by atoms with E-state index in [1.54, 1.807) is 0 Å². The van der Waals surface area contributed by atoms with E-state index in [1.807, 2.05) is 4.90 Å². The van der Waals surface area contributed by atoms with Gasteiger partial charge in [0, 0.05) is 25.0 Å². The molecule has 0 aromatic carbocycles. The smallest absolute Gasteiger partial charge is 0.222 e. The molecule has 2 fully saturated rings. The monoisotopic (exact) mass is 224 g/mol. The molecule has 0 spiro atoms. The van der Waals surface area contributed by atoms with E-state index in [0.717, 1.165) is 31.7 Å². The fourth-order valence-corrected chi connectivity index (χ4v) is 3.09. The average molecular weight is 224 g/mol. The van der Waals surface area contributed by atoms with Crippen LogP contribution in [0, 0.1) is 5.92 Å². The van der Waals surface area contributed by atoms with Crippen molar-refractivity contribution in [2.24, 2.45) is 11.7 Å². The van der Waals surface area contributed by atoms with Crippen LogP contribution in [0.5, 0.6) is 0 Å². The van der Waals surface area contributed by atoms with Crippen LogP contribution in [0.1, 0.15) is 51.9 Å². The molecule has 2 unspecified atom stereocenters. The molecule has 0 bridgehead atoms. The highest BCUT2D eigenvalue weighted by atomic mass is 16.2. The predicted molar refractivity (Wildman–Crippen MR) is 65.0 cm³/mol. The van der Waals surface area contributed by atoms with Gasteiger partial charge in [-0.1, -0.05) is 25.7 Å². The zero-order valence-corrected chi connectivity index (χ0v) is 10.3. The first-order chi connectivity index (χ1) is 7.68. The van der Waals surface area contributed by atoms with Crippen molar-refractivity contribution in [1.29, 1.82) is 0 Å². The lowest BCUT2D eigenvalue weighted by Gasteiger charge is -2.23. The quantitative estimate of drug-likeness (QED) is 0.796. The first-order valence-corrected chi connectivity index (χ1v) is 6.73. The standard InChI is InChI=1S/C13H24N2O/c1-10-12(14)8-9-15(10)13(16)7-6-11-4-2-3-5-11/h10-12H,2-9,14H2,1H3. The second kappa shape index (κ2) is 5.17. The lowest BCUT2D eigenvalue weighted by molar-refractivity contribution is -0.132. The van der Waals surface area contributed by atoms with Crippen molar-refractivity contribution >= 4 is 5.91 Å². The molecule has 1 saturated carbocycles. The number of nitrogens with two attached hydrogens (primary N) is 1. The van der Waals surface area contributed by atoms with E-state index in [-0.39, 0.29) is 12.1 Å². The highest BCUT2D eigenvalue weighted by Gasteiger charge is 2.31. The van der Waals surface area contributed by atoms with Crippen molar-refractivity contribution in [1.82, 2.24) is 4.90 Å². The van der Waals surface area contributed by atoms with Gasteiger partial charge in [-0.05, 0) is 25.7 Å². The van der Waals surface area contributed by atoms with Crippen molar-refractivity contribution in [2.45, 2.75) is 64.0 Å². The maximum atomic E-state index is 12.0. The largest absolute Gasteiger partial charge is 0.338 e. The van der Waals surface area contributed by atoms with E-state index in [4.69, 9.17) is 5.73 Å². The van der Waals surface area contributed by atoms with E-state index in [9.17, 15) is 4.79 Å². The highest BCUT2D eigenvalue weighted by Crippen LogP contribution is 2.29. The van der Waals surface area contributed by atoms with Crippen LogP contribution in [-0.2, 0) is 4.79 Å². The summed E-state index contributed by atoms with van der Waals surface area (Å²) in [7, 11) is 0. The van der Waals surface area contributed by atoms with Crippen LogP contribution in [-0.4, -0.2) is 29.4 Å². The summed E-state index contributed by atoms with van der Waals surface area (Å²) in [6, 6.07) is 0.437. The summed E-state index contributed by atoms with van der Waals surface area (Å²) in [6.45, 7) is 2.94. The number of rotatable bonds is 3. The van der Waals surface area contributed by atoms with E-state index >= 15 is 0 Å². The third kappa shape index (κ3) is 2.57. The van der Waals surface area contributed by atoms with E-state index in [2.05, 4.69) is 6.92 Å². The van der Waals surface area contributed by atoms with Gasteiger partial charge in [-0.2, -0.15) is 0 Å². The molecule has 2 N–H and O–H groups in total. The third-order valence-electron chi connectivity index (χ3n) is 4.38. The second-order valence-corrected chi connectivity index (χ2v) is 5.47. The lowest BCUT2D eigenvalue weighted by Crippen LogP contribution is -2.40. The average Bonchev–Trinajstić information content (AvgIpc) is 2.88. The van der Waals surface area contributed by atoms with Crippen molar-refractivity contribution in [3.8, 4) is 0 Å². The summed E-state index contributed by atoms with van der Waals surface area (Å²) in [4.78, 5) is 14.0. The molecule has 3 heteroatoms. The summed E-state index contributed by atoms with van der Waals surface area (Å²) < 4.78 is 0. The number of nitrogens with zero attached hydrogens (tertiary/aromatic N) is 1. The van der Waals surface area contributed by atoms with Gasteiger partial charge in [0.05, 0.1) is 0 Å². The van der Waals surface area contributed by atoms with Crippen LogP contribution in [0.4, 0.5) is 0 Å². The predicted octanol–water partition coefficient (Wildman–Crippen LogP) is 1.90. The third-order valence-corrected chi connectivity index (χ3v) is 4.38. The molecule has 92 valence electrons. The molecule has 1 saturated heterocycles. The highest BCUT2D eigenvalue weighted by molar-refractivity contribution is 5.76. The van der Waals surface area contributed by atoms with Crippen molar-refractivity contribution in [3.05, 3.63) is 0 Å². The van der Waals surface area contributed by atoms with Crippen molar-refractivity contribution in [3.63, 3.8) is 0 Å². The lowest BCUT2D eigenvalue weighted by atomic mass is 10.0. The zero-order valence-electron chi connectivity index (χ0n) is 10.3. The molecule has 2 aliphatic rings. The molecule has 1 amide bonds. The van der Waals surface area contributed by atoms with Crippen LogP contribution in [0.15, 0.2) is 0 Å². The normalized spacial score (nSPS) is 31.2. The molecule has 2 atom stereocenters. The number of amides is 1. The molecule has 0 radical (unpaired) electrons. The minimum atomic E-state index is 0.190. The molecule has 1 heterocycles. The summed E-state index contributed by atoms with van der Waals surface area (Å²) in [5.41, 5.74) is 5.93. The molecule has 3 nitrogen and oxygen atoms in total. The molecule has 1 aliphatic carbocycles. The Morgan fingerprint density at radius 3 is 2.56 bits per heavy atom. The number of likely N-dealkylation sites (tertiary alicyclic amines) is 1. The van der Waals surface area contributed by atoms with E-state index in [0.29, 0.717) is 5.91 Å². The summed E-state index contributed by atoms with van der Waals surface area (Å²) in [6.07, 6.45) is 8.20. The summed E-state index contributed by atoms with van der Waals surface area (Å²) in [5.74, 6) is 1.14. The van der Waals surface area contributed by atoms with Gasteiger partial charge in [0.1, 0.15) is 0 Å². The van der Waals surface area contributed by atoms with Gasteiger partial charge in [0.2, 0.25) is 5.91 Å². The van der Waals surface area contributed by atoms with Gasteiger partial charge in [-0.25, -0.2) is 0 Å². The second-order valence-electron chi connectivity index (χ2n) is 5.47. The van der Waals surface area contributed by atoms with Crippen LogP contribution >= 0.6 is 0 Å². The van der Waals surface area contributed by atoms with Gasteiger partial charge in [0.15, 0.2) is 0 Å². The van der Waals surface area contributed by atoms with E-state index in [1.165, 1.54) is 25.7 Å². The molecule has 0 aromatic rings. The fraction of sp³-hybridized carbons (Fsp3) is 0.923. The number of hydrogen-bond acceptors (Lipinski definition) is 2. The van der Waals surface area contributed by atoms with Crippen LogP contribution in [0.25, 0.3) is 0 Å². The maximum Gasteiger partial charge on any atom is 0.222 e. The number of hydrogen-bond donors (Lipinski definition) is 1. The molecule has 2 rings (SSSR count). The Hall–Kier alpha value is -0.570. The summed E-state index contributed by atoms with van der Waals surface area (Å²) in [5, 5.41) is 0. The van der Waals surface area contributed by atoms with Gasteiger partial charge in [-0.3, -0.25) is 4.79 Å². The Morgan fingerprint density at radius 1 is 1.31 bits per heavy atom. The van der Waals surface area contributed by atoms with Gasteiger partial charge < -0.3 is 10.6 Å². The Balaban J connectivity index is 1.75. The van der Waals surface area contributed by atoms with E-state index < -0.39 is 0 Å². The van der Waals surface area contributed by atoms with Crippen molar-refractivity contribution < 1.29 is 4.79 Å².